The van der Waals surface area contributed by atoms with Gasteiger partial charge in [-0.1, -0.05) is 197 Å². The maximum atomic E-state index is 12.8. The molecule has 0 fully saturated rings. The first-order valence-electron chi connectivity index (χ1n) is 24.8. The third-order valence-electron chi connectivity index (χ3n) is 10.5. The van der Waals surface area contributed by atoms with Crippen molar-refractivity contribution < 1.29 is 28.6 Å². The first-order valence-corrected chi connectivity index (χ1v) is 24.8. The molecule has 0 radical (unpaired) electrons. The Balaban J connectivity index is 4.42. The van der Waals surface area contributed by atoms with Crippen LogP contribution in [-0.4, -0.2) is 37.2 Å². The number of unbranched alkanes of at least 4 members (excludes halogenated alkanes) is 23. The highest BCUT2D eigenvalue weighted by atomic mass is 16.6. The lowest BCUT2D eigenvalue weighted by atomic mass is 10.1. The molecule has 0 amide bonds. The van der Waals surface area contributed by atoms with Gasteiger partial charge >= 0.3 is 17.9 Å². The van der Waals surface area contributed by atoms with Gasteiger partial charge in [-0.3, -0.25) is 14.4 Å². The summed E-state index contributed by atoms with van der Waals surface area (Å²) in [5.41, 5.74) is 0. The van der Waals surface area contributed by atoms with E-state index in [1.807, 2.05) is 0 Å². The molecule has 0 aromatic heterocycles. The van der Waals surface area contributed by atoms with E-state index >= 15 is 0 Å². The molecule has 0 aliphatic heterocycles. The quantitative estimate of drug-likeness (QED) is 0.0263. The molecule has 0 aliphatic rings. The lowest BCUT2D eigenvalue weighted by Crippen LogP contribution is -2.30. The largest absolute Gasteiger partial charge is 0.462 e. The molecule has 0 saturated carbocycles. The van der Waals surface area contributed by atoms with E-state index in [2.05, 4.69) is 81.5 Å². The number of esters is 3. The van der Waals surface area contributed by atoms with Crippen molar-refractivity contribution >= 4 is 17.9 Å². The molecular weight excluding hydrogens is 733 g/mol. The van der Waals surface area contributed by atoms with Gasteiger partial charge in [-0.15, -0.1) is 0 Å². The molecule has 0 aliphatic carbocycles. The van der Waals surface area contributed by atoms with Gasteiger partial charge in [0.15, 0.2) is 6.10 Å². The van der Waals surface area contributed by atoms with Gasteiger partial charge in [-0.2, -0.15) is 0 Å². The van der Waals surface area contributed by atoms with Gasteiger partial charge < -0.3 is 14.2 Å². The van der Waals surface area contributed by atoms with Crippen molar-refractivity contribution in [3.63, 3.8) is 0 Å². The fraction of sp³-hybridized carbons (Fsp3) is 0.755. The predicted molar refractivity (Wildman–Crippen MR) is 251 cm³/mol. The summed E-state index contributed by atoms with van der Waals surface area (Å²) in [5.74, 6) is -0.930. The second-order valence-electron chi connectivity index (χ2n) is 16.4. The zero-order chi connectivity index (χ0) is 43.0. The molecule has 0 heterocycles. The van der Waals surface area contributed by atoms with Crippen molar-refractivity contribution in [2.24, 2.45) is 0 Å². The molecule has 0 rings (SSSR count). The summed E-state index contributed by atoms with van der Waals surface area (Å²) in [6.45, 7) is 6.53. The lowest BCUT2D eigenvalue weighted by Gasteiger charge is -2.18. The molecule has 6 nitrogen and oxygen atoms in total. The number of carbonyl (C=O) groups is 3. The van der Waals surface area contributed by atoms with E-state index in [0.717, 1.165) is 89.9 Å². The van der Waals surface area contributed by atoms with Gasteiger partial charge in [0.1, 0.15) is 13.2 Å². The van der Waals surface area contributed by atoms with E-state index < -0.39 is 6.10 Å². The normalized spacial score (nSPS) is 12.5. The third kappa shape index (κ3) is 46.0. The minimum Gasteiger partial charge on any atom is -0.462 e. The molecule has 0 unspecified atom stereocenters. The number of allylic oxidation sites excluding steroid dienone is 10. The first-order chi connectivity index (χ1) is 29.0. The van der Waals surface area contributed by atoms with Crippen LogP contribution in [0.25, 0.3) is 0 Å². The van der Waals surface area contributed by atoms with Gasteiger partial charge in [0.2, 0.25) is 0 Å². The third-order valence-corrected chi connectivity index (χ3v) is 10.5. The minimum absolute atomic E-state index is 0.0885. The maximum absolute atomic E-state index is 12.8. The number of carbonyl (C=O) groups excluding carboxylic acids is 3. The second-order valence-corrected chi connectivity index (χ2v) is 16.4. The Morgan fingerprint density at radius 1 is 0.339 bits per heavy atom. The maximum Gasteiger partial charge on any atom is 0.306 e. The Bertz CT molecular complexity index is 1090. The van der Waals surface area contributed by atoms with Crippen LogP contribution in [0, 0.1) is 0 Å². The van der Waals surface area contributed by atoms with Crippen LogP contribution in [0.15, 0.2) is 60.8 Å². The highest BCUT2D eigenvalue weighted by Crippen LogP contribution is 2.14. The first kappa shape index (κ1) is 56.1. The van der Waals surface area contributed by atoms with Gasteiger partial charge in [0.05, 0.1) is 0 Å². The average Bonchev–Trinajstić information content (AvgIpc) is 3.23. The van der Waals surface area contributed by atoms with E-state index in [-0.39, 0.29) is 31.1 Å². The van der Waals surface area contributed by atoms with Crippen LogP contribution in [0.3, 0.4) is 0 Å². The van der Waals surface area contributed by atoms with E-state index in [0.29, 0.717) is 19.3 Å². The zero-order valence-corrected chi connectivity index (χ0v) is 38.8. The number of hydrogen-bond donors (Lipinski definition) is 0. The predicted octanol–water partition coefficient (Wildman–Crippen LogP) is 16.1. The zero-order valence-electron chi connectivity index (χ0n) is 38.8. The summed E-state index contributed by atoms with van der Waals surface area (Å²) in [6, 6.07) is 0. The van der Waals surface area contributed by atoms with Gasteiger partial charge in [0.25, 0.3) is 0 Å². The highest BCUT2D eigenvalue weighted by Gasteiger charge is 2.19. The summed E-state index contributed by atoms with van der Waals surface area (Å²) in [4.78, 5) is 37.8. The van der Waals surface area contributed by atoms with Gasteiger partial charge in [-0.05, 0) is 83.5 Å². The Kier molecular flexibility index (Phi) is 45.4. The smallest absolute Gasteiger partial charge is 0.306 e. The molecule has 0 bridgehead atoms. The van der Waals surface area contributed by atoms with Crippen molar-refractivity contribution in [2.75, 3.05) is 13.2 Å². The molecule has 0 spiro atoms. The van der Waals surface area contributed by atoms with Crippen LogP contribution in [0.2, 0.25) is 0 Å². The van der Waals surface area contributed by atoms with Crippen LogP contribution in [0.5, 0.6) is 0 Å². The van der Waals surface area contributed by atoms with Crippen molar-refractivity contribution in [1.82, 2.24) is 0 Å². The molecule has 340 valence electrons. The Hall–Kier alpha value is -2.89. The Labute approximate surface area is 364 Å². The lowest BCUT2D eigenvalue weighted by molar-refractivity contribution is -0.167. The molecule has 0 aromatic rings. The number of ether oxygens (including phenoxy) is 3. The van der Waals surface area contributed by atoms with E-state index in [1.54, 1.807) is 0 Å². The van der Waals surface area contributed by atoms with Gasteiger partial charge in [-0.25, -0.2) is 0 Å². The molecule has 1 atom stereocenters. The van der Waals surface area contributed by atoms with Crippen molar-refractivity contribution in [1.29, 1.82) is 0 Å². The molecule has 0 N–H and O–H groups in total. The topological polar surface area (TPSA) is 78.9 Å². The van der Waals surface area contributed by atoms with Crippen molar-refractivity contribution in [2.45, 2.75) is 245 Å². The fourth-order valence-electron chi connectivity index (χ4n) is 6.70. The summed E-state index contributed by atoms with van der Waals surface area (Å²) >= 11 is 0. The summed E-state index contributed by atoms with van der Waals surface area (Å²) in [7, 11) is 0. The number of hydrogen-bond acceptors (Lipinski definition) is 6. The van der Waals surface area contributed by atoms with Crippen LogP contribution in [0.4, 0.5) is 0 Å². The van der Waals surface area contributed by atoms with Crippen molar-refractivity contribution in [3.8, 4) is 0 Å². The van der Waals surface area contributed by atoms with E-state index in [4.69, 9.17) is 14.2 Å². The molecule has 0 saturated heterocycles. The molecule has 0 aromatic carbocycles. The van der Waals surface area contributed by atoms with Crippen LogP contribution in [-0.2, 0) is 28.6 Å². The fourth-order valence-corrected chi connectivity index (χ4v) is 6.70. The van der Waals surface area contributed by atoms with Crippen LogP contribution in [0.1, 0.15) is 239 Å². The van der Waals surface area contributed by atoms with E-state index in [9.17, 15) is 14.4 Å². The highest BCUT2D eigenvalue weighted by molar-refractivity contribution is 5.71. The number of rotatable bonds is 44. The minimum atomic E-state index is -0.790. The molecule has 6 heteroatoms. The second kappa shape index (κ2) is 47.8. The van der Waals surface area contributed by atoms with Gasteiger partial charge in [0, 0.05) is 19.3 Å². The Morgan fingerprint density at radius 2 is 0.627 bits per heavy atom. The van der Waals surface area contributed by atoms with Crippen LogP contribution < -0.4 is 0 Å². The Morgan fingerprint density at radius 3 is 1.07 bits per heavy atom. The molecular formula is C53H92O6. The molecule has 59 heavy (non-hydrogen) atoms. The summed E-state index contributed by atoms with van der Waals surface area (Å²) < 4.78 is 16.7. The van der Waals surface area contributed by atoms with Crippen LogP contribution >= 0.6 is 0 Å². The standard InChI is InChI=1S/C53H92O6/c1-4-7-10-13-16-19-22-23-24-25-26-27-28-29-32-35-38-41-44-47-53(56)59-50(48-57-51(54)45-42-39-36-33-30-20-17-14-11-8-5-2)49-58-52(55)46-43-40-37-34-31-21-18-15-12-9-6-3/h14,16-17,19,23-24,26-27,29,32,50H,4-13,15,18,20-22,25,28,30-31,33-49H2,1-3H3/b17-14-,19-16-,24-23-,27-26-,32-29-/t50-/m1/s1. The van der Waals surface area contributed by atoms with E-state index in [1.165, 1.54) is 109 Å². The summed E-state index contributed by atoms with van der Waals surface area (Å²) in [5, 5.41) is 0. The summed E-state index contributed by atoms with van der Waals surface area (Å²) in [6.07, 6.45) is 57.7. The SMILES string of the molecule is CCCC/C=C\CCCCCCCC(=O)OC[C@H](COC(=O)CCCCCCCCCCCCC)OC(=O)CCCCC/C=C\C/C=C\C/C=C\C/C=C\CCCCC. The van der Waals surface area contributed by atoms with Crippen molar-refractivity contribution in [3.05, 3.63) is 60.8 Å². The monoisotopic (exact) mass is 825 g/mol. The average molecular weight is 825 g/mol.